The Labute approximate surface area is 148 Å². The fraction of sp³-hybridized carbons (Fsp3) is 0.316. The van der Waals surface area contributed by atoms with E-state index in [4.69, 9.17) is 0 Å². The van der Waals surface area contributed by atoms with Gasteiger partial charge in [-0.2, -0.15) is 4.31 Å². The van der Waals surface area contributed by atoms with E-state index in [0.29, 0.717) is 25.2 Å². The van der Waals surface area contributed by atoms with Crippen molar-refractivity contribution >= 4 is 15.8 Å². The van der Waals surface area contributed by atoms with E-state index >= 15 is 0 Å². The zero-order chi connectivity index (χ0) is 18.0. The molecule has 1 aliphatic heterocycles. The lowest BCUT2D eigenvalue weighted by atomic mass is 10.0. The van der Waals surface area contributed by atoms with E-state index in [0.717, 1.165) is 5.56 Å². The largest absolute Gasteiger partial charge is 0.297 e. The van der Waals surface area contributed by atoms with Gasteiger partial charge in [0.25, 0.3) is 0 Å². The van der Waals surface area contributed by atoms with Crippen LogP contribution >= 0.6 is 0 Å². The van der Waals surface area contributed by atoms with Gasteiger partial charge in [0.1, 0.15) is 0 Å². The predicted octanol–water partition coefficient (Wildman–Crippen LogP) is 2.57. The average Bonchev–Trinajstić information content (AvgIpc) is 2.62. The van der Waals surface area contributed by atoms with E-state index in [9.17, 15) is 13.2 Å². The molecule has 0 spiro atoms. The van der Waals surface area contributed by atoms with Crippen molar-refractivity contribution in [2.24, 2.45) is 0 Å². The zero-order valence-corrected chi connectivity index (χ0v) is 15.2. The third kappa shape index (κ3) is 3.66. The Hall–Kier alpha value is -2.02. The highest BCUT2D eigenvalue weighted by Gasteiger charge is 2.33. The monoisotopic (exact) mass is 358 g/mol. The Kier molecular flexibility index (Phi) is 5.03. The molecule has 1 fully saturated rings. The number of likely N-dealkylation sites (N-methyl/N-ethyl adjacent to an activating group) is 1. The molecule has 132 valence electrons. The molecule has 0 saturated carbocycles. The maximum atomic E-state index is 13.0. The van der Waals surface area contributed by atoms with Gasteiger partial charge in [-0.1, -0.05) is 42.5 Å². The summed E-state index contributed by atoms with van der Waals surface area (Å²) in [5.74, 6) is -0.141. The summed E-state index contributed by atoms with van der Waals surface area (Å²) >= 11 is 0. The highest BCUT2D eigenvalue weighted by Crippen LogP contribution is 2.28. The van der Waals surface area contributed by atoms with Crippen molar-refractivity contribution < 1.29 is 13.2 Å². The van der Waals surface area contributed by atoms with Crippen LogP contribution in [0, 0.1) is 0 Å². The van der Waals surface area contributed by atoms with Crippen LogP contribution in [0.5, 0.6) is 0 Å². The Morgan fingerprint density at radius 1 is 1.04 bits per heavy atom. The number of carbonyl (C=O) groups is 1. The predicted molar refractivity (Wildman–Crippen MR) is 97.0 cm³/mol. The SMILES string of the molecule is CC(=O)c1cccc(S(=O)(=O)N2CCN(C)C(c3ccccc3)C2)c1. The lowest BCUT2D eigenvalue weighted by Crippen LogP contribution is -2.48. The highest BCUT2D eigenvalue weighted by molar-refractivity contribution is 7.89. The molecule has 0 bridgehead atoms. The minimum atomic E-state index is -3.63. The number of benzene rings is 2. The topological polar surface area (TPSA) is 57.7 Å². The Morgan fingerprint density at radius 3 is 2.44 bits per heavy atom. The maximum absolute atomic E-state index is 13.0. The minimum absolute atomic E-state index is 0.0146. The van der Waals surface area contributed by atoms with Crippen LogP contribution in [0.25, 0.3) is 0 Å². The van der Waals surface area contributed by atoms with Gasteiger partial charge in [-0.25, -0.2) is 8.42 Å². The number of hydrogen-bond acceptors (Lipinski definition) is 4. The Balaban J connectivity index is 1.90. The second-order valence-electron chi connectivity index (χ2n) is 6.35. The molecule has 2 aromatic rings. The van der Waals surface area contributed by atoms with Crippen LogP contribution < -0.4 is 0 Å². The second-order valence-corrected chi connectivity index (χ2v) is 8.29. The van der Waals surface area contributed by atoms with Crippen molar-refractivity contribution in [1.82, 2.24) is 9.21 Å². The molecule has 0 N–H and O–H groups in total. The molecule has 1 atom stereocenters. The molecular weight excluding hydrogens is 336 g/mol. The van der Waals surface area contributed by atoms with Crippen molar-refractivity contribution in [3.63, 3.8) is 0 Å². The molecule has 0 amide bonds. The van der Waals surface area contributed by atoms with Crippen molar-refractivity contribution in [2.45, 2.75) is 17.9 Å². The molecule has 1 aliphatic rings. The third-order valence-electron chi connectivity index (χ3n) is 4.67. The van der Waals surface area contributed by atoms with Crippen LogP contribution in [0.1, 0.15) is 28.9 Å². The first-order valence-corrected chi connectivity index (χ1v) is 9.70. The van der Waals surface area contributed by atoms with Gasteiger partial charge in [-0.3, -0.25) is 9.69 Å². The number of rotatable bonds is 4. The van der Waals surface area contributed by atoms with Crippen molar-refractivity contribution in [2.75, 3.05) is 26.7 Å². The number of ketones is 1. The fourth-order valence-corrected chi connectivity index (χ4v) is 4.61. The van der Waals surface area contributed by atoms with Crippen LogP contribution in [-0.2, 0) is 10.0 Å². The van der Waals surface area contributed by atoms with Crippen molar-refractivity contribution in [1.29, 1.82) is 0 Å². The van der Waals surface area contributed by atoms with Crippen molar-refractivity contribution in [3.05, 3.63) is 65.7 Å². The van der Waals surface area contributed by atoms with Crippen LogP contribution in [-0.4, -0.2) is 50.1 Å². The molecule has 0 radical (unpaired) electrons. The molecular formula is C19H22N2O3S. The summed E-state index contributed by atoms with van der Waals surface area (Å²) in [4.78, 5) is 13.9. The van der Waals surface area contributed by atoms with Crippen LogP contribution in [0.4, 0.5) is 0 Å². The number of Topliss-reactive ketones (excluding diaryl/α,β-unsaturated/α-hetero) is 1. The first-order valence-electron chi connectivity index (χ1n) is 8.26. The van der Waals surface area contributed by atoms with Gasteiger partial charge < -0.3 is 0 Å². The van der Waals surface area contributed by atoms with Crippen LogP contribution in [0.2, 0.25) is 0 Å². The summed E-state index contributed by atoms with van der Waals surface area (Å²) in [7, 11) is -1.62. The van der Waals surface area contributed by atoms with Crippen molar-refractivity contribution in [3.8, 4) is 0 Å². The third-order valence-corrected chi connectivity index (χ3v) is 6.53. The van der Waals surface area contributed by atoms with E-state index in [-0.39, 0.29) is 16.7 Å². The van der Waals surface area contributed by atoms with E-state index in [2.05, 4.69) is 4.90 Å². The van der Waals surface area contributed by atoms with Gasteiger partial charge in [-0.05, 0) is 31.7 Å². The maximum Gasteiger partial charge on any atom is 0.243 e. The summed E-state index contributed by atoms with van der Waals surface area (Å²) in [6.45, 7) is 2.93. The molecule has 0 aliphatic carbocycles. The molecule has 1 saturated heterocycles. The fourth-order valence-electron chi connectivity index (χ4n) is 3.13. The first-order chi connectivity index (χ1) is 11.9. The zero-order valence-electron chi connectivity index (χ0n) is 14.4. The Bertz CT molecular complexity index is 865. The summed E-state index contributed by atoms with van der Waals surface area (Å²) in [5, 5.41) is 0. The normalized spacial score (nSPS) is 19.7. The summed E-state index contributed by atoms with van der Waals surface area (Å²) < 4.78 is 27.6. The quantitative estimate of drug-likeness (QED) is 0.788. The van der Waals surface area contributed by atoms with E-state index in [1.807, 2.05) is 37.4 Å². The number of carbonyl (C=O) groups excluding carboxylic acids is 1. The molecule has 25 heavy (non-hydrogen) atoms. The smallest absolute Gasteiger partial charge is 0.243 e. The number of piperazine rings is 1. The molecule has 1 unspecified atom stereocenters. The Morgan fingerprint density at radius 2 is 1.76 bits per heavy atom. The van der Waals surface area contributed by atoms with Gasteiger partial charge in [0, 0.05) is 31.2 Å². The summed E-state index contributed by atoms with van der Waals surface area (Å²) in [6.07, 6.45) is 0. The lowest BCUT2D eigenvalue weighted by molar-refractivity contribution is 0.101. The van der Waals surface area contributed by atoms with E-state index < -0.39 is 10.0 Å². The molecule has 0 aromatic heterocycles. The molecule has 2 aromatic carbocycles. The van der Waals surface area contributed by atoms with Gasteiger partial charge >= 0.3 is 0 Å². The summed E-state index contributed by atoms with van der Waals surface area (Å²) in [6, 6.07) is 16.2. The highest BCUT2D eigenvalue weighted by atomic mass is 32.2. The van der Waals surface area contributed by atoms with Crippen LogP contribution in [0.15, 0.2) is 59.5 Å². The first kappa shape index (κ1) is 17.8. The molecule has 5 nitrogen and oxygen atoms in total. The lowest BCUT2D eigenvalue weighted by Gasteiger charge is -2.39. The van der Waals surface area contributed by atoms with E-state index in [1.54, 1.807) is 18.2 Å². The van der Waals surface area contributed by atoms with Crippen LogP contribution in [0.3, 0.4) is 0 Å². The molecule has 3 rings (SSSR count). The number of hydrogen-bond donors (Lipinski definition) is 0. The van der Waals surface area contributed by atoms with Gasteiger partial charge in [-0.15, -0.1) is 0 Å². The number of nitrogens with zero attached hydrogens (tertiary/aromatic N) is 2. The standard InChI is InChI=1S/C19H22N2O3S/c1-15(22)17-9-6-10-18(13-17)25(23,24)21-12-11-20(2)19(14-21)16-7-4-3-5-8-16/h3-10,13,19H,11-12,14H2,1-2H3. The minimum Gasteiger partial charge on any atom is -0.297 e. The van der Waals surface area contributed by atoms with Gasteiger partial charge in [0.05, 0.1) is 4.90 Å². The number of sulfonamides is 1. The van der Waals surface area contributed by atoms with E-state index in [1.165, 1.54) is 17.3 Å². The van der Waals surface area contributed by atoms with Gasteiger partial charge in [0.15, 0.2) is 5.78 Å². The molecule has 1 heterocycles. The average molecular weight is 358 g/mol. The summed E-state index contributed by atoms with van der Waals surface area (Å²) in [5.41, 5.74) is 1.51. The van der Waals surface area contributed by atoms with Gasteiger partial charge in [0.2, 0.25) is 10.0 Å². The second kappa shape index (κ2) is 7.07. The molecule has 6 heteroatoms.